The van der Waals surface area contributed by atoms with E-state index in [1.807, 2.05) is 19.1 Å². The van der Waals surface area contributed by atoms with Crippen LogP contribution in [-0.2, 0) is 14.8 Å². The zero-order chi connectivity index (χ0) is 21.0. The van der Waals surface area contributed by atoms with Crippen molar-refractivity contribution < 1.29 is 27.4 Å². The molecule has 0 saturated heterocycles. The normalized spacial score (nSPS) is 15.8. The predicted molar refractivity (Wildman–Crippen MR) is 109 cm³/mol. The lowest BCUT2D eigenvalue weighted by Gasteiger charge is -2.34. The van der Waals surface area contributed by atoms with Gasteiger partial charge in [-0.2, -0.15) is 0 Å². The first-order chi connectivity index (χ1) is 13.8. The maximum atomic E-state index is 12.5. The van der Waals surface area contributed by atoms with Crippen LogP contribution in [0.1, 0.15) is 5.56 Å². The minimum Gasteiger partial charge on any atom is -0.497 e. The number of aryl methyl sites for hydroxylation is 1. The van der Waals surface area contributed by atoms with Crippen LogP contribution in [-0.4, -0.2) is 53.5 Å². The van der Waals surface area contributed by atoms with Crippen LogP contribution in [0.5, 0.6) is 17.2 Å². The summed E-state index contributed by atoms with van der Waals surface area (Å²) in [7, 11) is -1.98. The van der Waals surface area contributed by atoms with E-state index >= 15 is 0 Å². The van der Waals surface area contributed by atoms with E-state index in [2.05, 4.69) is 5.32 Å². The molecule has 156 valence electrons. The highest BCUT2D eigenvalue weighted by molar-refractivity contribution is 7.92. The molecule has 2 aromatic rings. The number of nitrogens with one attached hydrogen (secondary N) is 1. The number of amides is 1. The van der Waals surface area contributed by atoms with E-state index in [0.29, 0.717) is 22.9 Å². The van der Waals surface area contributed by atoms with Crippen LogP contribution in [0.4, 0.5) is 5.69 Å². The molecule has 3 rings (SSSR count). The second-order valence-electron chi connectivity index (χ2n) is 6.69. The summed E-state index contributed by atoms with van der Waals surface area (Å²) < 4.78 is 42.1. The topological polar surface area (TPSA) is 94.2 Å². The average molecular weight is 420 g/mol. The lowest BCUT2D eigenvalue weighted by molar-refractivity contribution is -0.127. The maximum Gasteiger partial charge on any atom is 0.263 e. The van der Waals surface area contributed by atoms with E-state index in [0.717, 1.165) is 11.8 Å². The lowest BCUT2D eigenvalue weighted by Crippen LogP contribution is -2.51. The summed E-state index contributed by atoms with van der Waals surface area (Å²) in [6, 6.07) is 12.4. The molecule has 29 heavy (non-hydrogen) atoms. The zero-order valence-electron chi connectivity index (χ0n) is 16.5. The minimum absolute atomic E-state index is 0.0858. The predicted octanol–water partition coefficient (Wildman–Crippen LogP) is 1.73. The smallest absolute Gasteiger partial charge is 0.263 e. The standard InChI is InChI=1S/C20H24N2O6S/c1-14-7-8-17-18(11-14)28-19(13-22(17)29(3,24)25)20(23)21-9-10-27-16-6-4-5-15(12-16)26-2/h4-8,11-12,19H,9-10,13H2,1-3H3,(H,21,23). The number of hydrogen-bond donors (Lipinski definition) is 1. The molecule has 0 fully saturated rings. The van der Waals surface area contributed by atoms with Gasteiger partial charge in [-0.15, -0.1) is 0 Å². The molecule has 1 N–H and O–H groups in total. The van der Waals surface area contributed by atoms with Gasteiger partial charge in [-0.3, -0.25) is 9.10 Å². The number of benzene rings is 2. The quantitative estimate of drug-likeness (QED) is 0.686. The van der Waals surface area contributed by atoms with Crippen LogP contribution in [0.2, 0.25) is 0 Å². The number of rotatable bonds is 7. The molecule has 0 bridgehead atoms. The van der Waals surface area contributed by atoms with Crippen molar-refractivity contribution in [1.82, 2.24) is 5.32 Å². The largest absolute Gasteiger partial charge is 0.497 e. The van der Waals surface area contributed by atoms with Crippen molar-refractivity contribution in [2.24, 2.45) is 0 Å². The van der Waals surface area contributed by atoms with E-state index in [1.165, 1.54) is 4.31 Å². The summed E-state index contributed by atoms with van der Waals surface area (Å²) >= 11 is 0. The molecular formula is C20H24N2O6S. The van der Waals surface area contributed by atoms with Gasteiger partial charge < -0.3 is 19.5 Å². The number of carbonyl (C=O) groups is 1. The molecule has 1 atom stereocenters. The van der Waals surface area contributed by atoms with Crippen molar-refractivity contribution >= 4 is 21.6 Å². The van der Waals surface area contributed by atoms with Crippen LogP contribution < -0.4 is 23.8 Å². The Morgan fingerprint density at radius 3 is 2.72 bits per heavy atom. The molecule has 1 unspecified atom stereocenters. The fourth-order valence-corrected chi connectivity index (χ4v) is 3.87. The van der Waals surface area contributed by atoms with Gasteiger partial charge in [-0.05, 0) is 36.8 Å². The van der Waals surface area contributed by atoms with Crippen molar-refractivity contribution in [3.05, 3.63) is 48.0 Å². The first-order valence-electron chi connectivity index (χ1n) is 9.07. The molecule has 1 aliphatic heterocycles. The Labute approximate surface area is 170 Å². The summed E-state index contributed by atoms with van der Waals surface area (Å²) in [4.78, 5) is 12.5. The van der Waals surface area contributed by atoms with E-state index in [9.17, 15) is 13.2 Å². The molecule has 0 radical (unpaired) electrons. The van der Waals surface area contributed by atoms with Gasteiger partial charge in [0, 0.05) is 6.07 Å². The molecular weight excluding hydrogens is 396 g/mol. The third-order valence-electron chi connectivity index (χ3n) is 4.39. The highest BCUT2D eigenvalue weighted by Crippen LogP contribution is 2.35. The Bertz CT molecular complexity index is 992. The third-order valence-corrected chi connectivity index (χ3v) is 5.54. The van der Waals surface area contributed by atoms with Gasteiger partial charge in [-0.1, -0.05) is 12.1 Å². The van der Waals surface area contributed by atoms with E-state index < -0.39 is 22.0 Å². The maximum absolute atomic E-state index is 12.5. The number of sulfonamides is 1. The van der Waals surface area contributed by atoms with Crippen LogP contribution >= 0.6 is 0 Å². The third kappa shape index (κ3) is 5.11. The second-order valence-corrected chi connectivity index (χ2v) is 8.60. The average Bonchev–Trinajstić information content (AvgIpc) is 2.69. The monoisotopic (exact) mass is 420 g/mol. The van der Waals surface area contributed by atoms with Gasteiger partial charge >= 0.3 is 0 Å². The summed E-state index contributed by atoms with van der Waals surface area (Å²) in [5.41, 5.74) is 1.34. The van der Waals surface area contributed by atoms with E-state index in [4.69, 9.17) is 14.2 Å². The minimum atomic E-state index is -3.55. The highest BCUT2D eigenvalue weighted by Gasteiger charge is 2.34. The van der Waals surface area contributed by atoms with Crippen molar-refractivity contribution in [3.8, 4) is 17.2 Å². The van der Waals surface area contributed by atoms with Crippen LogP contribution in [0.25, 0.3) is 0 Å². The first-order valence-corrected chi connectivity index (χ1v) is 10.9. The van der Waals surface area contributed by atoms with Crippen molar-refractivity contribution in [1.29, 1.82) is 0 Å². The molecule has 1 heterocycles. The summed E-state index contributed by atoms with van der Waals surface area (Å²) in [5.74, 6) is 1.27. The number of carbonyl (C=O) groups excluding carboxylic acids is 1. The molecule has 9 heteroatoms. The lowest BCUT2D eigenvalue weighted by atomic mass is 10.1. The van der Waals surface area contributed by atoms with Gasteiger partial charge in [0.25, 0.3) is 5.91 Å². The molecule has 0 spiro atoms. The summed E-state index contributed by atoms with van der Waals surface area (Å²) in [6.45, 7) is 2.28. The first kappa shape index (κ1) is 20.8. The van der Waals surface area contributed by atoms with E-state index in [-0.39, 0.29) is 19.7 Å². The van der Waals surface area contributed by atoms with Gasteiger partial charge in [0.1, 0.15) is 23.9 Å². The molecule has 1 amide bonds. The fourth-order valence-electron chi connectivity index (χ4n) is 2.96. The molecule has 0 aliphatic carbocycles. The van der Waals surface area contributed by atoms with Gasteiger partial charge in [0.05, 0.1) is 32.1 Å². The Hall–Kier alpha value is -2.94. The number of nitrogens with zero attached hydrogens (tertiary/aromatic N) is 1. The van der Waals surface area contributed by atoms with Gasteiger partial charge in [0.15, 0.2) is 6.10 Å². The van der Waals surface area contributed by atoms with E-state index in [1.54, 1.807) is 37.4 Å². The molecule has 0 saturated carbocycles. The number of hydrogen-bond acceptors (Lipinski definition) is 6. The number of methoxy groups -OCH3 is 1. The zero-order valence-corrected chi connectivity index (χ0v) is 17.4. The van der Waals surface area contributed by atoms with Crippen molar-refractivity contribution in [3.63, 3.8) is 0 Å². The van der Waals surface area contributed by atoms with Crippen LogP contribution in [0, 0.1) is 6.92 Å². The second kappa shape index (κ2) is 8.60. The van der Waals surface area contributed by atoms with Crippen molar-refractivity contribution in [2.75, 3.05) is 37.4 Å². The number of fused-ring (bicyclic) bond motifs is 1. The summed E-state index contributed by atoms with van der Waals surface area (Å²) in [5, 5.41) is 2.73. The molecule has 1 aliphatic rings. The van der Waals surface area contributed by atoms with Gasteiger partial charge in [0.2, 0.25) is 10.0 Å². The Morgan fingerprint density at radius 2 is 2.00 bits per heavy atom. The van der Waals surface area contributed by atoms with Crippen LogP contribution in [0.15, 0.2) is 42.5 Å². The SMILES string of the molecule is COc1cccc(OCCNC(=O)C2CN(S(C)(=O)=O)c3ccc(C)cc3O2)c1. The van der Waals surface area contributed by atoms with Crippen LogP contribution in [0.3, 0.4) is 0 Å². The van der Waals surface area contributed by atoms with Gasteiger partial charge in [-0.25, -0.2) is 8.42 Å². The summed E-state index contributed by atoms with van der Waals surface area (Å²) in [6.07, 6.45) is 0.162. The Balaban J connectivity index is 1.60. The van der Waals surface area contributed by atoms with Crippen molar-refractivity contribution in [2.45, 2.75) is 13.0 Å². The highest BCUT2D eigenvalue weighted by atomic mass is 32.2. The fraction of sp³-hybridized carbons (Fsp3) is 0.350. The number of ether oxygens (including phenoxy) is 3. The number of anilines is 1. The Kier molecular flexibility index (Phi) is 6.17. The Morgan fingerprint density at radius 1 is 1.24 bits per heavy atom. The molecule has 8 nitrogen and oxygen atoms in total. The molecule has 0 aromatic heterocycles. The molecule has 2 aromatic carbocycles.